The van der Waals surface area contributed by atoms with Crippen LogP contribution in [-0.4, -0.2) is 27.3 Å². The first-order chi connectivity index (χ1) is 8.34. The zero-order valence-corrected chi connectivity index (χ0v) is 10.9. The van der Waals surface area contributed by atoms with Gasteiger partial charge in [-0.15, -0.1) is 0 Å². The minimum Gasteiger partial charge on any atom is -0.361 e. The number of imidazole rings is 1. The van der Waals surface area contributed by atoms with E-state index in [1.807, 2.05) is 17.1 Å². The molecular formula is C12H20N4S. The number of hydrogen-bond donors (Lipinski definition) is 2. The number of thiocarbonyl (C=S) groups is 1. The average Bonchev–Trinajstić information content (AvgIpc) is 2.83. The Morgan fingerprint density at radius 1 is 1.35 bits per heavy atom. The van der Waals surface area contributed by atoms with Crippen LogP contribution < -0.4 is 10.6 Å². The molecule has 0 amide bonds. The lowest BCUT2D eigenvalue weighted by atomic mass is 9.96. The van der Waals surface area contributed by atoms with Gasteiger partial charge in [-0.1, -0.05) is 19.3 Å². The molecule has 0 bridgehead atoms. The van der Waals surface area contributed by atoms with Gasteiger partial charge >= 0.3 is 0 Å². The van der Waals surface area contributed by atoms with Crippen molar-refractivity contribution in [1.29, 1.82) is 0 Å². The van der Waals surface area contributed by atoms with E-state index in [0.717, 1.165) is 18.2 Å². The summed E-state index contributed by atoms with van der Waals surface area (Å²) in [4.78, 5) is 4.00. The molecule has 0 atom stereocenters. The summed E-state index contributed by atoms with van der Waals surface area (Å²) in [6.07, 6.45) is 12.1. The van der Waals surface area contributed by atoms with E-state index >= 15 is 0 Å². The molecule has 2 N–H and O–H groups in total. The normalized spacial score (nSPS) is 16.7. The number of nitrogens with one attached hydrogen (secondary N) is 2. The van der Waals surface area contributed by atoms with Crippen LogP contribution in [0.4, 0.5) is 0 Å². The first-order valence-electron chi connectivity index (χ1n) is 6.35. The Bertz CT molecular complexity index is 330. The molecule has 2 rings (SSSR count). The molecule has 17 heavy (non-hydrogen) atoms. The van der Waals surface area contributed by atoms with E-state index in [-0.39, 0.29) is 0 Å². The third-order valence-corrected chi connectivity index (χ3v) is 3.42. The van der Waals surface area contributed by atoms with E-state index in [9.17, 15) is 0 Å². The molecule has 94 valence electrons. The topological polar surface area (TPSA) is 41.9 Å². The number of aromatic nitrogens is 2. The van der Waals surface area contributed by atoms with E-state index in [0.29, 0.717) is 6.04 Å². The van der Waals surface area contributed by atoms with E-state index in [2.05, 4.69) is 15.6 Å². The SMILES string of the molecule is S=C(NCCn1ccnc1)NC1CCCCC1. The van der Waals surface area contributed by atoms with Gasteiger partial charge < -0.3 is 15.2 Å². The highest BCUT2D eigenvalue weighted by atomic mass is 32.1. The molecule has 1 aliphatic rings. The molecule has 1 aliphatic carbocycles. The molecule has 0 aliphatic heterocycles. The highest BCUT2D eigenvalue weighted by molar-refractivity contribution is 7.80. The van der Waals surface area contributed by atoms with Crippen molar-refractivity contribution in [2.24, 2.45) is 0 Å². The second-order valence-electron chi connectivity index (χ2n) is 4.54. The molecule has 0 aromatic carbocycles. The monoisotopic (exact) mass is 252 g/mol. The van der Waals surface area contributed by atoms with Crippen LogP contribution in [0.2, 0.25) is 0 Å². The van der Waals surface area contributed by atoms with Gasteiger partial charge in [-0.2, -0.15) is 0 Å². The molecule has 1 saturated carbocycles. The standard InChI is InChI=1S/C12H20N4S/c17-12(15-11-4-2-1-3-5-11)14-7-9-16-8-6-13-10-16/h6,8,10-11H,1-5,7,9H2,(H2,14,15,17). The fourth-order valence-corrected chi connectivity index (χ4v) is 2.47. The number of nitrogens with zero attached hydrogens (tertiary/aromatic N) is 2. The van der Waals surface area contributed by atoms with Gasteiger partial charge in [0, 0.05) is 31.5 Å². The van der Waals surface area contributed by atoms with Gasteiger partial charge in [0.2, 0.25) is 0 Å². The molecule has 5 heteroatoms. The van der Waals surface area contributed by atoms with Crippen molar-refractivity contribution in [3.8, 4) is 0 Å². The average molecular weight is 252 g/mol. The van der Waals surface area contributed by atoms with Crippen molar-refractivity contribution in [2.75, 3.05) is 6.54 Å². The Hall–Kier alpha value is -1.10. The Kier molecular flexibility index (Phi) is 4.79. The summed E-state index contributed by atoms with van der Waals surface area (Å²) in [5.74, 6) is 0. The van der Waals surface area contributed by atoms with Gasteiger partial charge in [0.05, 0.1) is 6.33 Å². The second kappa shape index (κ2) is 6.59. The van der Waals surface area contributed by atoms with Crippen molar-refractivity contribution < 1.29 is 0 Å². The van der Waals surface area contributed by atoms with E-state index < -0.39 is 0 Å². The maximum Gasteiger partial charge on any atom is 0.166 e. The van der Waals surface area contributed by atoms with E-state index in [1.165, 1.54) is 32.1 Å². The molecule has 1 heterocycles. The van der Waals surface area contributed by atoms with Gasteiger partial charge in [-0.05, 0) is 25.1 Å². The molecule has 1 fully saturated rings. The molecule has 0 unspecified atom stereocenters. The summed E-state index contributed by atoms with van der Waals surface area (Å²) >= 11 is 5.28. The summed E-state index contributed by atoms with van der Waals surface area (Å²) in [6, 6.07) is 0.581. The Morgan fingerprint density at radius 3 is 2.88 bits per heavy atom. The highest BCUT2D eigenvalue weighted by Crippen LogP contribution is 2.17. The van der Waals surface area contributed by atoms with Crippen LogP contribution in [0.3, 0.4) is 0 Å². The minimum atomic E-state index is 0.581. The molecular weight excluding hydrogens is 232 g/mol. The summed E-state index contributed by atoms with van der Waals surface area (Å²) in [7, 11) is 0. The smallest absolute Gasteiger partial charge is 0.166 e. The Balaban J connectivity index is 1.60. The van der Waals surface area contributed by atoms with Crippen LogP contribution in [0.25, 0.3) is 0 Å². The van der Waals surface area contributed by atoms with Crippen molar-refractivity contribution in [3.05, 3.63) is 18.7 Å². The predicted molar refractivity (Wildman–Crippen MR) is 72.8 cm³/mol. The predicted octanol–water partition coefficient (Wildman–Crippen LogP) is 1.68. The molecule has 0 radical (unpaired) electrons. The Labute approximate surface area is 108 Å². The van der Waals surface area contributed by atoms with Gasteiger partial charge in [-0.3, -0.25) is 0 Å². The zero-order chi connectivity index (χ0) is 11.9. The van der Waals surface area contributed by atoms with Crippen LogP contribution in [0.15, 0.2) is 18.7 Å². The summed E-state index contributed by atoms with van der Waals surface area (Å²) in [5.41, 5.74) is 0. The van der Waals surface area contributed by atoms with Crippen molar-refractivity contribution in [2.45, 2.75) is 44.7 Å². The van der Waals surface area contributed by atoms with Gasteiger partial charge in [0.15, 0.2) is 5.11 Å². The largest absolute Gasteiger partial charge is 0.361 e. The third-order valence-electron chi connectivity index (χ3n) is 3.16. The lowest BCUT2D eigenvalue weighted by molar-refractivity contribution is 0.412. The van der Waals surface area contributed by atoms with Crippen molar-refractivity contribution in [3.63, 3.8) is 0 Å². The maximum absolute atomic E-state index is 5.28. The number of rotatable bonds is 4. The first kappa shape index (κ1) is 12.4. The lowest BCUT2D eigenvalue weighted by Gasteiger charge is -2.24. The highest BCUT2D eigenvalue weighted by Gasteiger charge is 2.13. The zero-order valence-electron chi connectivity index (χ0n) is 10.1. The van der Waals surface area contributed by atoms with Gasteiger partial charge in [0.25, 0.3) is 0 Å². The molecule has 1 aromatic heterocycles. The van der Waals surface area contributed by atoms with Crippen LogP contribution in [-0.2, 0) is 6.54 Å². The summed E-state index contributed by atoms with van der Waals surface area (Å²) in [5, 5.41) is 7.42. The van der Waals surface area contributed by atoms with Gasteiger partial charge in [0.1, 0.15) is 0 Å². The van der Waals surface area contributed by atoms with Crippen LogP contribution in [0, 0.1) is 0 Å². The number of hydrogen-bond acceptors (Lipinski definition) is 2. The van der Waals surface area contributed by atoms with Crippen LogP contribution >= 0.6 is 12.2 Å². The molecule has 0 spiro atoms. The molecule has 1 aromatic rings. The van der Waals surface area contributed by atoms with Crippen molar-refractivity contribution in [1.82, 2.24) is 20.2 Å². The lowest BCUT2D eigenvalue weighted by Crippen LogP contribution is -2.43. The first-order valence-corrected chi connectivity index (χ1v) is 6.75. The maximum atomic E-state index is 5.28. The van der Waals surface area contributed by atoms with Crippen molar-refractivity contribution >= 4 is 17.3 Å². The van der Waals surface area contributed by atoms with Crippen LogP contribution in [0.5, 0.6) is 0 Å². The summed E-state index contributed by atoms with van der Waals surface area (Å²) < 4.78 is 2.04. The molecule has 4 nitrogen and oxygen atoms in total. The minimum absolute atomic E-state index is 0.581. The van der Waals surface area contributed by atoms with E-state index in [1.54, 1.807) is 6.20 Å². The quantitative estimate of drug-likeness (QED) is 0.800. The second-order valence-corrected chi connectivity index (χ2v) is 4.94. The van der Waals surface area contributed by atoms with Crippen LogP contribution in [0.1, 0.15) is 32.1 Å². The van der Waals surface area contributed by atoms with E-state index in [4.69, 9.17) is 12.2 Å². The Morgan fingerprint density at radius 2 is 2.18 bits per heavy atom. The summed E-state index contributed by atoms with van der Waals surface area (Å²) in [6.45, 7) is 1.74. The fourth-order valence-electron chi connectivity index (χ4n) is 2.20. The molecule has 0 saturated heterocycles. The fraction of sp³-hybridized carbons (Fsp3) is 0.667. The third kappa shape index (κ3) is 4.34. The van der Waals surface area contributed by atoms with Gasteiger partial charge in [-0.25, -0.2) is 4.98 Å².